The van der Waals surface area contributed by atoms with Crippen LogP contribution in [0, 0.1) is 0 Å². The van der Waals surface area contributed by atoms with Gasteiger partial charge in [0.25, 0.3) is 0 Å². The summed E-state index contributed by atoms with van der Waals surface area (Å²) in [5.74, 6) is 0.723. The van der Waals surface area contributed by atoms with Crippen molar-refractivity contribution in [2.75, 3.05) is 5.75 Å². The summed E-state index contributed by atoms with van der Waals surface area (Å²) in [6.07, 6.45) is 0. The molecule has 3 heteroatoms. The van der Waals surface area contributed by atoms with Crippen LogP contribution in [-0.2, 0) is 0 Å². The third-order valence-corrected chi connectivity index (χ3v) is 2.50. The molecule has 0 bridgehead atoms. The molecule has 1 heterocycles. The number of rotatable bonds is 2. The molecule has 0 aliphatic carbocycles. The van der Waals surface area contributed by atoms with Gasteiger partial charge in [0.1, 0.15) is 0 Å². The molecule has 1 nitrogen and oxygen atoms in total. The molecule has 0 aliphatic rings. The maximum atomic E-state index is 5.67. The fraction of sp³-hybridized carbons (Fsp3) is 0.333. The molecule has 0 radical (unpaired) electrons. The van der Waals surface area contributed by atoms with Crippen molar-refractivity contribution in [1.29, 1.82) is 0 Å². The Balaban J connectivity index is 2.65. The average Bonchev–Trinajstić information content (AvgIpc) is 2.37. The lowest BCUT2D eigenvalue weighted by atomic mass is 10.3. The van der Waals surface area contributed by atoms with Gasteiger partial charge in [0.2, 0.25) is 0 Å². The molecule has 0 saturated heterocycles. The summed E-state index contributed by atoms with van der Waals surface area (Å²) >= 11 is 5.77. The van der Waals surface area contributed by atoms with E-state index < -0.39 is 0 Å². The predicted octanol–water partition coefficient (Wildman–Crippen LogP) is 1.68. The van der Waals surface area contributed by atoms with E-state index in [2.05, 4.69) is 12.6 Å². The Morgan fingerprint density at radius 3 is 3.00 bits per heavy atom. The second kappa shape index (κ2) is 3.25. The summed E-state index contributed by atoms with van der Waals surface area (Å²) in [4.78, 5) is 1.21. The van der Waals surface area contributed by atoms with Crippen LogP contribution in [0.5, 0.6) is 0 Å². The minimum Gasteiger partial charge on any atom is -0.323 e. The van der Waals surface area contributed by atoms with E-state index in [1.54, 1.807) is 11.3 Å². The molecule has 50 valence electrons. The molecule has 0 aromatic carbocycles. The van der Waals surface area contributed by atoms with Crippen LogP contribution < -0.4 is 5.73 Å². The van der Waals surface area contributed by atoms with E-state index in [9.17, 15) is 0 Å². The Bertz CT molecular complexity index is 160. The third kappa shape index (κ3) is 1.71. The van der Waals surface area contributed by atoms with E-state index >= 15 is 0 Å². The summed E-state index contributed by atoms with van der Waals surface area (Å²) < 4.78 is 0. The third-order valence-electron chi connectivity index (χ3n) is 1.11. The van der Waals surface area contributed by atoms with Crippen LogP contribution in [0.15, 0.2) is 17.5 Å². The maximum absolute atomic E-state index is 5.67. The Kier molecular flexibility index (Phi) is 2.57. The van der Waals surface area contributed by atoms with E-state index in [4.69, 9.17) is 5.73 Å². The Labute approximate surface area is 64.3 Å². The van der Waals surface area contributed by atoms with Crippen molar-refractivity contribution in [1.82, 2.24) is 0 Å². The highest BCUT2D eigenvalue weighted by Gasteiger charge is 2.01. The van der Waals surface area contributed by atoms with Crippen molar-refractivity contribution in [2.24, 2.45) is 5.73 Å². The van der Waals surface area contributed by atoms with Crippen LogP contribution in [0.1, 0.15) is 10.9 Å². The summed E-state index contributed by atoms with van der Waals surface area (Å²) in [6.45, 7) is 0. The predicted molar refractivity (Wildman–Crippen MR) is 45.1 cm³/mol. The van der Waals surface area contributed by atoms with Crippen LogP contribution in [-0.4, -0.2) is 5.75 Å². The molecule has 1 rings (SSSR count). The number of hydrogen-bond acceptors (Lipinski definition) is 3. The summed E-state index contributed by atoms with van der Waals surface area (Å²) in [5, 5.41) is 2.03. The van der Waals surface area contributed by atoms with Gasteiger partial charge in [-0.1, -0.05) is 6.07 Å². The van der Waals surface area contributed by atoms with Gasteiger partial charge in [-0.25, -0.2) is 0 Å². The van der Waals surface area contributed by atoms with Crippen molar-refractivity contribution in [2.45, 2.75) is 6.04 Å². The van der Waals surface area contributed by atoms with E-state index in [-0.39, 0.29) is 6.04 Å². The van der Waals surface area contributed by atoms with Gasteiger partial charge in [-0.15, -0.1) is 11.3 Å². The first-order valence-corrected chi connectivity index (χ1v) is 4.25. The van der Waals surface area contributed by atoms with Crippen LogP contribution in [0.25, 0.3) is 0 Å². The topological polar surface area (TPSA) is 26.0 Å². The number of thiophene rings is 1. The summed E-state index contributed by atoms with van der Waals surface area (Å²) in [7, 11) is 0. The lowest BCUT2D eigenvalue weighted by Crippen LogP contribution is -2.09. The molecule has 9 heavy (non-hydrogen) atoms. The van der Waals surface area contributed by atoms with Crippen molar-refractivity contribution in [3.05, 3.63) is 22.4 Å². The lowest BCUT2D eigenvalue weighted by Gasteiger charge is -2.02. The average molecular weight is 159 g/mol. The van der Waals surface area contributed by atoms with Crippen molar-refractivity contribution < 1.29 is 0 Å². The Morgan fingerprint density at radius 2 is 2.56 bits per heavy atom. The summed E-state index contributed by atoms with van der Waals surface area (Å²) in [6, 6.07) is 4.16. The van der Waals surface area contributed by atoms with Crippen molar-refractivity contribution in [3.8, 4) is 0 Å². The van der Waals surface area contributed by atoms with E-state index in [1.165, 1.54) is 4.88 Å². The molecule has 1 aromatic rings. The Morgan fingerprint density at radius 1 is 1.78 bits per heavy atom. The van der Waals surface area contributed by atoms with Crippen LogP contribution >= 0.6 is 24.0 Å². The van der Waals surface area contributed by atoms with E-state index in [0.717, 1.165) is 5.75 Å². The highest BCUT2D eigenvalue weighted by Crippen LogP contribution is 2.16. The number of thiol groups is 1. The molecule has 0 spiro atoms. The largest absolute Gasteiger partial charge is 0.323 e. The maximum Gasteiger partial charge on any atom is 0.0479 e. The van der Waals surface area contributed by atoms with Crippen molar-refractivity contribution in [3.63, 3.8) is 0 Å². The molecule has 2 N–H and O–H groups in total. The van der Waals surface area contributed by atoms with Gasteiger partial charge >= 0.3 is 0 Å². The molecule has 1 atom stereocenters. The zero-order chi connectivity index (χ0) is 6.69. The van der Waals surface area contributed by atoms with Gasteiger partial charge in [-0.3, -0.25) is 0 Å². The second-order valence-corrected chi connectivity index (χ2v) is 3.15. The van der Waals surface area contributed by atoms with Gasteiger partial charge in [0, 0.05) is 16.7 Å². The van der Waals surface area contributed by atoms with E-state index in [1.807, 2.05) is 17.5 Å². The molecule has 0 fully saturated rings. The molecule has 1 aromatic heterocycles. The van der Waals surface area contributed by atoms with Gasteiger partial charge in [-0.2, -0.15) is 12.6 Å². The molecule has 1 unspecified atom stereocenters. The monoisotopic (exact) mass is 159 g/mol. The van der Waals surface area contributed by atoms with Gasteiger partial charge < -0.3 is 5.73 Å². The molecule has 0 aliphatic heterocycles. The minimum atomic E-state index is 0.119. The van der Waals surface area contributed by atoms with Gasteiger partial charge in [0.05, 0.1) is 0 Å². The number of nitrogens with two attached hydrogens (primary N) is 1. The molecular weight excluding hydrogens is 150 g/mol. The highest BCUT2D eigenvalue weighted by molar-refractivity contribution is 7.80. The quantitative estimate of drug-likeness (QED) is 0.631. The number of hydrogen-bond donors (Lipinski definition) is 2. The first kappa shape index (κ1) is 7.12. The van der Waals surface area contributed by atoms with Crippen LogP contribution in [0.2, 0.25) is 0 Å². The van der Waals surface area contributed by atoms with Crippen LogP contribution in [0.4, 0.5) is 0 Å². The first-order valence-electron chi connectivity index (χ1n) is 2.74. The molecule has 0 amide bonds. The zero-order valence-corrected chi connectivity index (χ0v) is 6.66. The minimum absolute atomic E-state index is 0.119. The van der Waals surface area contributed by atoms with Gasteiger partial charge in [-0.05, 0) is 11.4 Å². The first-order chi connectivity index (χ1) is 4.34. The molecule has 0 saturated carbocycles. The smallest absolute Gasteiger partial charge is 0.0479 e. The molecular formula is C6H9NS2. The zero-order valence-electron chi connectivity index (χ0n) is 4.95. The van der Waals surface area contributed by atoms with Crippen molar-refractivity contribution >= 4 is 24.0 Å². The lowest BCUT2D eigenvalue weighted by molar-refractivity contribution is 0.855. The van der Waals surface area contributed by atoms with Gasteiger partial charge in [0.15, 0.2) is 0 Å². The summed E-state index contributed by atoms with van der Waals surface area (Å²) in [5.41, 5.74) is 5.67. The SMILES string of the molecule is NC(CS)c1cccs1. The fourth-order valence-electron chi connectivity index (χ4n) is 0.592. The van der Waals surface area contributed by atoms with E-state index in [0.29, 0.717) is 0 Å². The standard InChI is InChI=1S/C6H9NS2/c7-5(4-8)6-2-1-3-9-6/h1-3,5,8H,4,7H2. The normalized spacial score (nSPS) is 13.6. The van der Waals surface area contributed by atoms with Crippen LogP contribution in [0.3, 0.4) is 0 Å². The Hall–Kier alpha value is 0.01000. The fourth-order valence-corrected chi connectivity index (χ4v) is 1.64. The second-order valence-electron chi connectivity index (χ2n) is 1.80. The highest BCUT2D eigenvalue weighted by atomic mass is 32.1.